The van der Waals surface area contributed by atoms with Crippen molar-refractivity contribution in [2.75, 3.05) is 11.5 Å². The topological polar surface area (TPSA) is 83.6 Å². The van der Waals surface area contributed by atoms with E-state index in [-0.39, 0.29) is 23.8 Å². The third-order valence-corrected chi connectivity index (χ3v) is 5.48. The lowest BCUT2D eigenvalue weighted by atomic mass is 10.1. The highest BCUT2D eigenvalue weighted by Gasteiger charge is 2.41. The molecule has 0 unspecified atom stereocenters. The van der Waals surface area contributed by atoms with Crippen molar-refractivity contribution < 1.29 is 18.0 Å². The zero-order chi connectivity index (χ0) is 16.2. The van der Waals surface area contributed by atoms with Crippen LogP contribution in [0, 0.1) is 0 Å². The molecule has 7 heteroatoms. The van der Waals surface area contributed by atoms with Crippen molar-refractivity contribution in [1.82, 2.24) is 10.2 Å². The molecule has 0 spiro atoms. The maximum absolute atomic E-state index is 11.9. The Labute approximate surface area is 130 Å². The fourth-order valence-corrected chi connectivity index (χ4v) is 4.56. The van der Waals surface area contributed by atoms with Crippen molar-refractivity contribution in [3.63, 3.8) is 0 Å². The van der Waals surface area contributed by atoms with Crippen LogP contribution < -0.4 is 5.32 Å². The average Bonchev–Trinajstić information content (AvgIpc) is 2.80. The third-order valence-electron chi connectivity index (χ3n) is 3.76. The normalized spacial score (nSPS) is 23.0. The largest absolute Gasteiger partial charge is 0.350 e. The molecule has 120 valence electrons. The number of carbonyl (C=O) groups is 2. The van der Waals surface area contributed by atoms with Crippen molar-refractivity contribution in [3.8, 4) is 0 Å². The SMILES string of the molecule is CCC(=O)N[C@H]1CS(=O)(=O)C[C@H]1N(C=O)Cc1ccccc1. The van der Waals surface area contributed by atoms with Gasteiger partial charge in [0.05, 0.1) is 23.6 Å². The maximum atomic E-state index is 11.9. The Morgan fingerprint density at radius 2 is 2.00 bits per heavy atom. The summed E-state index contributed by atoms with van der Waals surface area (Å²) in [5.74, 6) is -0.451. The van der Waals surface area contributed by atoms with Gasteiger partial charge in [-0.2, -0.15) is 0 Å². The molecule has 2 rings (SSSR count). The van der Waals surface area contributed by atoms with Crippen molar-refractivity contribution in [1.29, 1.82) is 0 Å². The summed E-state index contributed by atoms with van der Waals surface area (Å²) >= 11 is 0. The van der Waals surface area contributed by atoms with E-state index in [1.165, 1.54) is 4.90 Å². The molecule has 2 atom stereocenters. The quantitative estimate of drug-likeness (QED) is 0.765. The molecular formula is C15H20N2O4S. The number of benzene rings is 1. The van der Waals surface area contributed by atoms with Crippen LogP contribution in [0.2, 0.25) is 0 Å². The lowest BCUT2D eigenvalue weighted by Gasteiger charge is -2.29. The molecule has 6 nitrogen and oxygen atoms in total. The molecule has 0 bridgehead atoms. The number of nitrogens with zero attached hydrogens (tertiary/aromatic N) is 1. The standard InChI is InChI=1S/C15H20N2O4S/c1-2-15(19)16-13-9-22(20,21)10-14(13)17(11-18)8-12-6-4-3-5-7-12/h3-7,11,13-14H,2,8-10H2,1H3,(H,16,19)/t13-,14+/m0/s1. The summed E-state index contributed by atoms with van der Waals surface area (Å²) in [5, 5.41) is 2.72. The summed E-state index contributed by atoms with van der Waals surface area (Å²) < 4.78 is 23.8. The van der Waals surface area contributed by atoms with Crippen LogP contribution in [-0.4, -0.2) is 49.2 Å². The second-order valence-corrected chi connectivity index (χ2v) is 7.59. The molecule has 1 heterocycles. The van der Waals surface area contributed by atoms with E-state index in [1.807, 2.05) is 30.3 Å². The van der Waals surface area contributed by atoms with Crippen LogP contribution in [0.4, 0.5) is 0 Å². The molecular weight excluding hydrogens is 304 g/mol. The molecule has 0 saturated carbocycles. The lowest BCUT2D eigenvalue weighted by Crippen LogP contribution is -2.50. The zero-order valence-electron chi connectivity index (χ0n) is 12.4. The number of amides is 2. The number of rotatable bonds is 6. The zero-order valence-corrected chi connectivity index (χ0v) is 13.3. The van der Waals surface area contributed by atoms with Gasteiger partial charge >= 0.3 is 0 Å². The minimum atomic E-state index is -3.26. The fourth-order valence-electron chi connectivity index (χ4n) is 2.63. The van der Waals surface area contributed by atoms with E-state index >= 15 is 0 Å². The lowest BCUT2D eigenvalue weighted by molar-refractivity contribution is -0.124. The third kappa shape index (κ3) is 4.07. The summed E-state index contributed by atoms with van der Waals surface area (Å²) in [4.78, 5) is 24.5. The van der Waals surface area contributed by atoms with E-state index in [9.17, 15) is 18.0 Å². The van der Waals surface area contributed by atoms with E-state index in [0.29, 0.717) is 13.0 Å². The minimum absolute atomic E-state index is 0.118. The molecule has 1 saturated heterocycles. The molecule has 2 amide bonds. The summed E-state index contributed by atoms with van der Waals surface area (Å²) in [6.45, 7) is 2.03. The van der Waals surface area contributed by atoms with Gasteiger partial charge in [-0.15, -0.1) is 0 Å². The molecule has 0 radical (unpaired) electrons. The first kappa shape index (κ1) is 16.5. The van der Waals surface area contributed by atoms with Gasteiger partial charge in [-0.1, -0.05) is 37.3 Å². The molecule has 1 fully saturated rings. The number of hydrogen-bond acceptors (Lipinski definition) is 4. The number of hydrogen-bond donors (Lipinski definition) is 1. The predicted octanol–water partition coefficient (Wildman–Crippen LogP) is 0.337. The molecule has 0 aliphatic carbocycles. The van der Waals surface area contributed by atoms with Crippen molar-refractivity contribution in [2.45, 2.75) is 32.0 Å². The molecule has 1 N–H and O–H groups in total. The monoisotopic (exact) mass is 324 g/mol. The van der Waals surface area contributed by atoms with Gasteiger partial charge in [-0.3, -0.25) is 9.59 Å². The molecule has 0 aromatic heterocycles. The van der Waals surface area contributed by atoms with E-state index in [2.05, 4.69) is 5.32 Å². The van der Waals surface area contributed by atoms with Crippen LogP contribution in [0.3, 0.4) is 0 Å². The van der Waals surface area contributed by atoms with E-state index < -0.39 is 21.9 Å². The smallest absolute Gasteiger partial charge is 0.220 e. The van der Waals surface area contributed by atoms with Gasteiger partial charge in [0.15, 0.2) is 9.84 Å². The number of nitrogens with one attached hydrogen (secondary N) is 1. The first-order chi connectivity index (χ1) is 10.4. The van der Waals surface area contributed by atoms with Crippen LogP contribution >= 0.6 is 0 Å². The highest BCUT2D eigenvalue weighted by molar-refractivity contribution is 7.91. The van der Waals surface area contributed by atoms with Crippen molar-refractivity contribution in [3.05, 3.63) is 35.9 Å². The number of sulfone groups is 1. The number of carbonyl (C=O) groups excluding carboxylic acids is 2. The van der Waals surface area contributed by atoms with Gasteiger partial charge in [0.1, 0.15) is 0 Å². The average molecular weight is 324 g/mol. The van der Waals surface area contributed by atoms with Crippen molar-refractivity contribution >= 4 is 22.2 Å². The van der Waals surface area contributed by atoms with Crippen LogP contribution in [0.1, 0.15) is 18.9 Å². The maximum Gasteiger partial charge on any atom is 0.220 e. The van der Waals surface area contributed by atoms with Crippen LogP contribution in [0.5, 0.6) is 0 Å². The summed E-state index contributed by atoms with van der Waals surface area (Å²) in [6, 6.07) is 8.27. The van der Waals surface area contributed by atoms with Gasteiger partial charge in [-0.25, -0.2) is 8.42 Å². The molecule has 1 aromatic rings. The molecule has 1 aliphatic heterocycles. The molecule has 22 heavy (non-hydrogen) atoms. The van der Waals surface area contributed by atoms with Gasteiger partial charge in [0.25, 0.3) is 0 Å². The summed E-state index contributed by atoms with van der Waals surface area (Å²) in [6.07, 6.45) is 0.937. The van der Waals surface area contributed by atoms with Crippen LogP contribution in [0.25, 0.3) is 0 Å². The predicted molar refractivity (Wildman–Crippen MR) is 82.7 cm³/mol. The van der Waals surface area contributed by atoms with Gasteiger partial charge < -0.3 is 10.2 Å². The van der Waals surface area contributed by atoms with E-state index in [1.54, 1.807) is 6.92 Å². The van der Waals surface area contributed by atoms with Crippen molar-refractivity contribution in [2.24, 2.45) is 0 Å². The molecule has 1 aromatic carbocycles. The Morgan fingerprint density at radius 3 is 2.59 bits per heavy atom. The van der Waals surface area contributed by atoms with Gasteiger partial charge in [-0.05, 0) is 5.56 Å². The Balaban J connectivity index is 2.17. The van der Waals surface area contributed by atoms with Crippen LogP contribution in [0.15, 0.2) is 30.3 Å². The van der Waals surface area contributed by atoms with E-state index in [0.717, 1.165) is 5.56 Å². The van der Waals surface area contributed by atoms with E-state index in [4.69, 9.17) is 0 Å². The van der Waals surface area contributed by atoms with Gasteiger partial charge in [0, 0.05) is 13.0 Å². The second kappa shape index (κ2) is 6.91. The Hall–Kier alpha value is -1.89. The molecule has 1 aliphatic rings. The minimum Gasteiger partial charge on any atom is -0.350 e. The Morgan fingerprint density at radius 1 is 1.32 bits per heavy atom. The summed E-state index contributed by atoms with van der Waals surface area (Å²) in [5.41, 5.74) is 0.916. The summed E-state index contributed by atoms with van der Waals surface area (Å²) in [7, 11) is -3.26. The first-order valence-corrected chi connectivity index (χ1v) is 9.02. The second-order valence-electron chi connectivity index (χ2n) is 5.44. The van der Waals surface area contributed by atoms with Crippen LogP contribution in [-0.2, 0) is 26.0 Å². The van der Waals surface area contributed by atoms with Gasteiger partial charge in [0.2, 0.25) is 12.3 Å². The highest BCUT2D eigenvalue weighted by atomic mass is 32.2. The highest BCUT2D eigenvalue weighted by Crippen LogP contribution is 2.20. The fraction of sp³-hybridized carbons (Fsp3) is 0.467. The Bertz CT molecular complexity index is 630. The Kier molecular flexibility index (Phi) is 5.18. The first-order valence-electron chi connectivity index (χ1n) is 7.20.